The minimum atomic E-state index is 0.117. The van der Waals surface area contributed by atoms with E-state index < -0.39 is 0 Å². The molecule has 0 saturated carbocycles. The molecule has 3 rings (SSSR count). The van der Waals surface area contributed by atoms with Crippen molar-refractivity contribution in [1.29, 1.82) is 0 Å². The Bertz CT molecular complexity index is 553. The lowest BCUT2D eigenvalue weighted by atomic mass is 10.1. The quantitative estimate of drug-likeness (QED) is 0.812. The van der Waals surface area contributed by atoms with Crippen LogP contribution in [0.25, 0.3) is 0 Å². The van der Waals surface area contributed by atoms with Gasteiger partial charge < -0.3 is 15.4 Å². The minimum Gasteiger partial charge on any atom is -0.490 e. The third-order valence-electron chi connectivity index (χ3n) is 3.11. The molecule has 0 aromatic heterocycles. The summed E-state index contributed by atoms with van der Waals surface area (Å²) in [5.74, 6) is 0.860. The second-order valence-electron chi connectivity index (χ2n) is 4.44. The predicted molar refractivity (Wildman–Crippen MR) is 78.6 cm³/mol. The number of hydrogen-bond donors (Lipinski definition) is 2. The highest BCUT2D eigenvalue weighted by atomic mass is 16.5. The number of rotatable bonds is 4. The average molecular weight is 252 g/mol. The van der Waals surface area contributed by atoms with E-state index in [2.05, 4.69) is 41.5 Å². The molecule has 1 heterocycles. The van der Waals surface area contributed by atoms with E-state index in [0.717, 1.165) is 17.1 Å². The molecule has 2 aromatic carbocycles. The zero-order chi connectivity index (χ0) is 13.1. The van der Waals surface area contributed by atoms with Crippen molar-refractivity contribution in [3.8, 4) is 5.75 Å². The van der Waals surface area contributed by atoms with Gasteiger partial charge >= 0.3 is 0 Å². The van der Waals surface area contributed by atoms with Gasteiger partial charge in [-0.25, -0.2) is 0 Å². The molecule has 0 unspecified atom stereocenters. The Labute approximate surface area is 112 Å². The van der Waals surface area contributed by atoms with Crippen LogP contribution in [0.5, 0.6) is 5.75 Å². The number of benzene rings is 2. The van der Waals surface area contributed by atoms with Crippen LogP contribution in [0.2, 0.25) is 0 Å². The number of nitrogens with one attached hydrogen (secondary N) is 2. The van der Waals surface area contributed by atoms with Gasteiger partial charge in [0.1, 0.15) is 18.5 Å². The molecule has 0 atom stereocenters. The Morgan fingerprint density at radius 1 is 1.00 bits per heavy atom. The summed E-state index contributed by atoms with van der Waals surface area (Å²) in [5, 5.41) is 6.89. The van der Waals surface area contributed by atoms with Gasteiger partial charge in [-0.1, -0.05) is 36.9 Å². The Balaban J connectivity index is 1.73. The molecule has 0 amide bonds. The van der Waals surface area contributed by atoms with Gasteiger partial charge in [0.05, 0.1) is 11.4 Å². The zero-order valence-corrected chi connectivity index (χ0v) is 10.6. The topological polar surface area (TPSA) is 33.3 Å². The van der Waals surface area contributed by atoms with E-state index in [9.17, 15) is 0 Å². The molecule has 0 spiro atoms. The van der Waals surface area contributed by atoms with Crippen molar-refractivity contribution in [3.63, 3.8) is 0 Å². The number of hydrogen-bond acceptors (Lipinski definition) is 3. The Kier molecular flexibility index (Phi) is 3.11. The summed E-state index contributed by atoms with van der Waals surface area (Å²) >= 11 is 0. The van der Waals surface area contributed by atoms with Crippen LogP contribution in [0, 0.1) is 0 Å². The Hall–Kier alpha value is -2.42. The molecule has 0 bridgehead atoms. The highest BCUT2D eigenvalue weighted by Gasteiger charge is 2.19. The van der Waals surface area contributed by atoms with Crippen LogP contribution in [0.3, 0.4) is 0 Å². The van der Waals surface area contributed by atoms with Gasteiger partial charge in [0.15, 0.2) is 0 Å². The van der Waals surface area contributed by atoms with Crippen molar-refractivity contribution in [2.45, 2.75) is 6.17 Å². The van der Waals surface area contributed by atoms with Gasteiger partial charge in [-0.15, -0.1) is 0 Å². The molecule has 0 radical (unpaired) electrons. The number of fused-ring (bicyclic) bond motifs is 1. The van der Waals surface area contributed by atoms with Gasteiger partial charge in [-0.05, 0) is 29.8 Å². The summed E-state index contributed by atoms with van der Waals surface area (Å²) < 4.78 is 5.48. The molecule has 0 saturated heterocycles. The van der Waals surface area contributed by atoms with E-state index >= 15 is 0 Å². The van der Waals surface area contributed by atoms with Crippen molar-refractivity contribution < 1.29 is 4.74 Å². The van der Waals surface area contributed by atoms with Gasteiger partial charge in [0.25, 0.3) is 0 Å². The van der Waals surface area contributed by atoms with Crippen LogP contribution in [-0.2, 0) is 0 Å². The third-order valence-corrected chi connectivity index (χ3v) is 3.11. The first-order chi connectivity index (χ1) is 9.36. The maximum absolute atomic E-state index is 5.48. The van der Waals surface area contributed by atoms with Crippen molar-refractivity contribution >= 4 is 11.4 Å². The third kappa shape index (κ3) is 2.40. The lowest BCUT2D eigenvalue weighted by Crippen LogP contribution is -2.11. The Morgan fingerprint density at radius 3 is 2.21 bits per heavy atom. The van der Waals surface area contributed by atoms with Crippen LogP contribution >= 0.6 is 0 Å². The second kappa shape index (κ2) is 5.06. The highest BCUT2D eigenvalue weighted by molar-refractivity contribution is 5.74. The van der Waals surface area contributed by atoms with Gasteiger partial charge in [-0.3, -0.25) is 0 Å². The lowest BCUT2D eigenvalue weighted by Gasteiger charge is -2.13. The minimum absolute atomic E-state index is 0.117. The molecule has 96 valence electrons. The second-order valence-corrected chi connectivity index (χ2v) is 4.44. The molecule has 3 nitrogen and oxygen atoms in total. The summed E-state index contributed by atoms with van der Waals surface area (Å²) in [6, 6.07) is 16.3. The van der Waals surface area contributed by atoms with E-state index in [1.807, 2.05) is 24.3 Å². The highest BCUT2D eigenvalue weighted by Crippen LogP contribution is 2.34. The largest absolute Gasteiger partial charge is 0.490 e. The van der Waals surface area contributed by atoms with E-state index in [1.54, 1.807) is 6.08 Å². The maximum atomic E-state index is 5.48. The summed E-state index contributed by atoms with van der Waals surface area (Å²) in [4.78, 5) is 0. The summed E-state index contributed by atoms with van der Waals surface area (Å²) in [6.45, 7) is 4.17. The summed E-state index contributed by atoms with van der Waals surface area (Å²) in [7, 11) is 0. The molecule has 2 aromatic rings. The fourth-order valence-corrected chi connectivity index (χ4v) is 2.16. The molecule has 2 N–H and O–H groups in total. The average Bonchev–Trinajstić information content (AvgIpc) is 2.89. The fourth-order valence-electron chi connectivity index (χ4n) is 2.16. The van der Waals surface area contributed by atoms with Gasteiger partial charge in [-0.2, -0.15) is 0 Å². The van der Waals surface area contributed by atoms with Crippen LogP contribution in [0.4, 0.5) is 11.4 Å². The normalized spacial score (nSPS) is 13.3. The number of anilines is 2. The van der Waals surface area contributed by atoms with Crippen LogP contribution in [0.15, 0.2) is 61.2 Å². The monoisotopic (exact) mass is 252 g/mol. The zero-order valence-electron chi connectivity index (χ0n) is 10.6. The van der Waals surface area contributed by atoms with E-state index in [0.29, 0.717) is 6.61 Å². The predicted octanol–water partition coefficient (Wildman–Crippen LogP) is 3.79. The van der Waals surface area contributed by atoms with Crippen LogP contribution in [-0.4, -0.2) is 6.61 Å². The van der Waals surface area contributed by atoms with Crippen molar-refractivity contribution in [1.82, 2.24) is 0 Å². The van der Waals surface area contributed by atoms with Gasteiger partial charge in [0.2, 0.25) is 0 Å². The Morgan fingerprint density at radius 2 is 1.63 bits per heavy atom. The fraction of sp³-hybridized carbons (Fsp3) is 0.125. The molecule has 19 heavy (non-hydrogen) atoms. The molecule has 3 heteroatoms. The molecular formula is C16H16N2O. The SMILES string of the molecule is C=CCOc1ccc(C2Nc3ccccc3N2)cc1. The maximum Gasteiger partial charge on any atom is 0.123 e. The molecule has 1 aliphatic rings. The van der Waals surface area contributed by atoms with E-state index in [-0.39, 0.29) is 6.17 Å². The standard InChI is InChI=1S/C16H16N2O/c1-2-11-19-13-9-7-12(8-10-13)16-17-14-5-3-4-6-15(14)18-16/h2-10,16-18H,1,11H2. The van der Waals surface area contributed by atoms with Crippen LogP contribution < -0.4 is 15.4 Å². The smallest absolute Gasteiger partial charge is 0.123 e. The molecular weight excluding hydrogens is 236 g/mol. The van der Waals surface area contributed by atoms with Crippen molar-refractivity contribution in [3.05, 3.63) is 66.7 Å². The first-order valence-corrected chi connectivity index (χ1v) is 6.32. The molecule has 0 aliphatic carbocycles. The first-order valence-electron chi connectivity index (χ1n) is 6.32. The van der Waals surface area contributed by atoms with Gasteiger partial charge in [0, 0.05) is 0 Å². The van der Waals surface area contributed by atoms with Crippen molar-refractivity contribution in [2.75, 3.05) is 17.2 Å². The summed E-state index contributed by atoms with van der Waals surface area (Å²) in [5.41, 5.74) is 3.46. The molecule has 1 aliphatic heterocycles. The summed E-state index contributed by atoms with van der Waals surface area (Å²) in [6.07, 6.45) is 1.86. The molecule has 0 fully saturated rings. The lowest BCUT2D eigenvalue weighted by molar-refractivity contribution is 0.363. The number of para-hydroxylation sites is 2. The first kappa shape index (κ1) is 11.7. The number of ether oxygens (including phenoxy) is 1. The van der Waals surface area contributed by atoms with Crippen LogP contribution in [0.1, 0.15) is 11.7 Å². The van der Waals surface area contributed by atoms with Crippen molar-refractivity contribution in [2.24, 2.45) is 0 Å². The van der Waals surface area contributed by atoms with E-state index in [4.69, 9.17) is 4.74 Å². The van der Waals surface area contributed by atoms with E-state index in [1.165, 1.54) is 5.56 Å².